The molecule has 17 heavy (non-hydrogen) atoms. The van der Waals surface area contributed by atoms with Crippen molar-refractivity contribution in [1.29, 1.82) is 0 Å². The molecular formula is C14H18FNO. The van der Waals surface area contributed by atoms with E-state index >= 15 is 0 Å². The van der Waals surface area contributed by atoms with Crippen LogP contribution in [0.5, 0.6) is 0 Å². The number of amides is 1. The van der Waals surface area contributed by atoms with Gasteiger partial charge in [0.1, 0.15) is 5.82 Å². The largest absolute Gasteiger partial charge is 0.356 e. The number of benzene rings is 1. The second-order valence-electron chi connectivity index (χ2n) is 4.71. The van der Waals surface area contributed by atoms with Crippen LogP contribution >= 0.6 is 0 Å². The Balaban J connectivity index is 1.79. The third kappa shape index (κ3) is 3.29. The molecule has 1 N–H and O–H groups in total. The van der Waals surface area contributed by atoms with Crippen molar-refractivity contribution < 1.29 is 9.18 Å². The maximum Gasteiger partial charge on any atom is 0.219 e. The van der Waals surface area contributed by atoms with Crippen LogP contribution < -0.4 is 5.32 Å². The fourth-order valence-electron chi connectivity index (χ4n) is 2.18. The van der Waals surface area contributed by atoms with E-state index in [4.69, 9.17) is 0 Å². The number of nitrogens with one attached hydrogen (secondary N) is 1. The van der Waals surface area contributed by atoms with Crippen molar-refractivity contribution in [3.8, 4) is 0 Å². The van der Waals surface area contributed by atoms with Crippen molar-refractivity contribution in [3.63, 3.8) is 0 Å². The number of halogens is 1. The van der Waals surface area contributed by atoms with E-state index in [0.717, 1.165) is 24.9 Å². The normalized spacial score (nSPS) is 22.2. The van der Waals surface area contributed by atoms with Gasteiger partial charge in [-0.25, -0.2) is 4.39 Å². The molecule has 0 saturated heterocycles. The zero-order valence-electron chi connectivity index (χ0n) is 10.1. The van der Waals surface area contributed by atoms with Crippen LogP contribution in [-0.4, -0.2) is 12.5 Å². The summed E-state index contributed by atoms with van der Waals surface area (Å²) < 4.78 is 13.0. The first-order valence-corrected chi connectivity index (χ1v) is 6.23. The minimum absolute atomic E-state index is 0.123. The van der Waals surface area contributed by atoms with Crippen LogP contribution in [0.1, 0.15) is 37.7 Å². The highest BCUT2D eigenvalue weighted by Crippen LogP contribution is 2.46. The van der Waals surface area contributed by atoms with Gasteiger partial charge in [-0.3, -0.25) is 4.79 Å². The van der Waals surface area contributed by atoms with E-state index < -0.39 is 0 Å². The Bertz CT molecular complexity index is 405. The smallest absolute Gasteiger partial charge is 0.219 e. The minimum Gasteiger partial charge on any atom is -0.356 e. The van der Waals surface area contributed by atoms with Crippen molar-refractivity contribution in [2.45, 2.75) is 32.1 Å². The molecule has 1 aliphatic carbocycles. The quantitative estimate of drug-likeness (QED) is 0.835. The second kappa shape index (κ2) is 5.30. The lowest BCUT2D eigenvalue weighted by Gasteiger charge is -2.04. The Morgan fingerprint density at radius 3 is 3.06 bits per heavy atom. The molecule has 1 saturated carbocycles. The highest BCUT2D eigenvalue weighted by atomic mass is 19.1. The Morgan fingerprint density at radius 2 is 2.35 bits per heavy atom. The maximum absolute atomic E-state index is 13.0. The molecule has 2 rings (SSSR count). The lowest BCUT2D eigenvalue weighted by molar-refractivity contribution is -0.121. The number of carbonyl (C=O) groups excluding carboxylic acids is 1. The molecule has 92 valence electrons. The molecule has 1 aromatic rings. The van der Waals surface area contributed by atoms with Gasteiger partial charge in [-0.05, 0) is 42.4 Å². The van der Waals surface area contributed by atoms with Gasteiger partial charge in [0.15, 0.2) is 0 Å². The highest BCUT2D eigenvalue weighted by Gasteiger charge is 2.38. The van der Waals surface area contributed by atoms with Crippen LogP contribution in [0, 0.1) is 11.7 Å². The summed E-state index contributed by atoms with van der Waals surface area (Å²) in [5, 5.41) is 2.93. The van der Waals surface area contributed by atoms with E-state index in [1.54, 1.807) is 12.1 Å². The van der Waals surface area contributed by atoms with Gasteiger partial charge >= 0.3 is 0 Å². The van der Waals surface area contributed by atoms with Gasteiger partial charge in [-0.15, -0.1) is 0 Å². The predicted octanol–water partition coefficient (Wildman–Crippen LogP) is 2.85. The van der Waals surface area contributed by atoms with Gasteiger partial charge in [-0.2, -0.15) is 0 Å². The molecule has 1 aliphatic rings. The van der Waals surface area contributed by atoms with Gasteiger partial charge in [-0.1, -0.05) is 19.1 Å². The lowest BCUT2D eigenvalue weighted by atomic mass is 10.1. The second-order valence-corrected chi connectivity index (χ2v) is 4.71. The van der Waals surface area contributed by atoms with Crippen LogP contribution in [0.3, 0.4) is 0 Å². The molecule has 0 aromatic heterocycles. The fourth-order valence-corrected chi connectivity index (χ4v) is 2.18. The standard InChI is InChI=1S/C14H18FNO/c1-2-4-14(17)16-9-11-8-13(11)10-5-3-6-12(15)7-10/h3,5-7,11,13H,2,4,8-9H2,1H3,(H,16,17)/t11-,13-/m0/s1. The Kier molecular flexibility index (Phi) is 3.77. The number of hydrogen-bond acceptors (Lipinski definition) is 1. The van der Waals surface area contributed by atoms with E-state index in [9.17, 15) is 9.18 Å². The molecule has 0 unspecified atom stereocenters. The molecule has 2 atom stereocenters. The van der Waals surface area contributed by atoms with E-state index in [1.807, 2.05) is 13.0 Å². The van der Waals surface area contributed by atoms with Crippen molar-refractivity contribution in [2.75, 3.05) is 6.54 Å². The van der Waals surface area contributed by atoms with Crippen molar-refractivity contribution in [3.05, 3.63) is 35.6 Å². The van der Waals surface area contributed by atoms with E-state index in [0.29, 0.717) is 18.3 Å². The average molecular weight is 235 g/mol. The maximum atomic E-state index is 13.0. The van der Waals surface area contributed by atoms with Crippen molar-refractivity contribution >= 4 is 5.91 Å². The number of hydrogen-bond donors (Lipinski definition) is 1. The first-order chi connectivity index (χ1) is 8.20. The average Bonchev–Trinajstić information content (AvgIpc) is 3.06. The Labute approximate surface area is 101 Å². The summed E-state index contributed by atoms with van der Waals surface area (Å²) in [4.78, 5) is 11.3. The van der Waals surface area contributed by atoms with Gasteiger partial charge in [0.05, 0.1) is 0 Å². The highest BCUT2D eigenvalue weighted by molar-refractivity contribution is 5.75. The third-order valence-electron chi connectivity index (χ3n) is 3.24. The lowest BCUT2D eigenvalue weighted by Crippen LogP contribution is -2.25. The molecule has 2 nitrogen and oxygen atoms in total. The third-order valence-corrected chi connectivity index (χ3v) is 3.24. The molecule has 1 aromatic carbocycles. The summed E-state index contributed by atoms with van der Waals surface area (Å²) in [6.07, 6.45) is 2.52. The van der Waals surface area contributed by atoms with Crippen LogP contribution in [-0.2, 0) is 4.79 Å². The molecular weight excluding hydrogens is 217 g/mol. The van der Waals surface area contributed by atoms with Crippen molar-refractivity contribution in [1.82, 2.24) is 5.32 Å². The summed E-state index contributed by atoms with van der Waals surface area (Å²) in [7, 11) is 0. The Hall–Kier alpha value is -1.38. The number of carbonyl (C=O) groups is 1. The van der Waals surface area contributed by atoms with Crippen LogP contribution in [0.2, 0.25) is 0 Å². The molecule has 3 heteroatoms. The topological polar surface area (TPSA) is 29.1 Å². The van der Waals surface area contributed by atoms with E-state index in [-0.39, 0.29) is 11.7 Å². The summed E-state index contributed by atoms with van der Waals surface area (Å²) in [5.74, 6) is 0.853. The minimum atomic E-state index is -0.178. The number of rotatable bonds is 5. The first-order valence-electron chi connectivity index (χ1n) is 6.23. The molecule has 1 amide bonds. The fraction of sp³-hybridized carbons (Fsp3) is 0.500. The van der Waals surface area contributed by atoms with E-state index in [2.05, 4.69) is 5.32 Å². The van der Waals surface area contributed by atoms with Crippen LogP contribution in [0.4, 0.5) is 4.39 Å². The monoisotopic (exact) mass is 235 g/mol. The summed E-state index contributed by atoms with van der Waals surface area (Å²) in [5.41, 5.74) is 1.06. The molecule has 0 bridgehead atoms. The van der Waals surface area contributed by atoms with Gasteiger partial charge in [0, 0.05) is 13.0 Å². The summed E-state index contributed by atoms with van der Waals surface area (Å²) in [6.45, 7) is 2.71. The molecule has 0 heterocycles. The predicted molar refractivity (Wildman–Crippen MR) is 65.2 cm³/mol. The summed E-state index contributed by atoms with van der Waals surface area (Å²) in [6, 6.07) is 6.76. The van der Waals surface area contributed by atoms with Gasteiger partial charge < -0.3 is 5.32 Å². The van der Waals surface area contributed by atoms with Crippen molar-refractivity contribution in [2.24, 2.45) is 5.92 Å². The van der Waals surface area contributed by atoms with Gasteiger partial charge in [0.25, 0.3) is 0 Å². The zero-order chi connectivity index (χ0) is 12.3. The Morgan fingerprint density at radius 1 is 1.53 bits per heavy atom. The molecule has 1 fully saturated rings. The zero-order valence-corrected chi connectivity index (χ0v) is 10.1. The molecule has 0 aliphatic heterocycles. The summed E-state index contributed by atoms with van der Waals surface area (Å²) >= 11 is 0. The molecule has 0 radical (unpaired) electrons. The first kappa shape index (κ1) is 12.1. The van der Waals surface area contributed by atoms with Crippen LogP contribution in [0.15, 0.2) is 24.3 Å². The van der Waals surface area contributed by atoms with Crippen LogP contribution in [0.25, 0.3) is 0 Å². The van der Waals surface area contributed by atoms with E-state index in [1.165, 1.54) is 6.07 Å². The SMILES string of the molecule is CCCC(=O)NC[C@@H]1C[C@H]1c1cccc(F)c1. The van der Waals surface area contributed by atoms with Gasteiger partial charge in [0.2, 0.25) is 5.91 Å². The molecule has 0 spiro atoms.